The van der Waals surface area contributed by atoms with Crippen molar-refractivity contribution in [1.29, 1.82) is 0 Å². The number of hydrogen-bond donors (Lipinski definition) is 3. The summed E-state index contributed by atoms with van der Waals surface area (Å²) in [6, 6.07) is 1.10. The van der Waals surface area contributed by atoms with Crippen molar-refractivity contribution >= 4 is 5.82 Å². The molecule has 48 valence electrons. The molecule has 0 saturated heterocycles. The van der Waals surface area contributed by atoms with Gasteiger partial charge in [-0.05, 0) is 0 Å². The van der Waals surface area contributed by atoms with E-state index in [0.717, 1.165) is 6.07 Å². The lowest BCUT2D eigenvalue weighted by Gasteiger charge is -1.85. The first-order chi connectivity index (χ1) is 4.18. The van der Waals surface area contributed by atoms with Crippen LogP contribution in [0.1, 0.15) is 0 Å². The van der Waals surface area contributed by atoms with Crippen LogP contribution >= 0.6 is 0 Å². The molecule has 0 aliphatic carbocycles. The van der Waals surface area contributed by atoms with E-state index < -0.39 is 11.2 Å². The molecule has 1 heterocycles. The van der Waals surface area contributed by atoms with Crippen LogP contribution in [0, 0.1) is 0 Å². The molecule has 0 amide bonds. The Kier molecular flexibility index (Phi) is 1.11. The van der Waals surface area contributed by atoms with Crippen LogP contribution < -0.4 is 17.0 Å². The number of anilines is 1. The molecule has 0 fully saturated rings. The van der Waals surface area contributed by atoms with Crippen molar-refractivity contribution < 1.29 is 0 Å². The zero-order chi connectivity index (χ0) is 6.85. The second-order valence-electron chi connectivity index (χ2n) is 1.54. The van der Waals surface area contributed by atoms with Gasteiger partial charge in [-0.2, -0.15) is 0 Å². The van der Waals surface area contributed by atoms with Crippen LogP contribution in [0.2, 0.25) is 0 Å². The summed E-state index contributed by atoms with van der Waals surface area (Å²) in [5, 5.41) is 0. The van der Waals surface area contributed by atoms with E-state index in [1.807, 2.05) is 4.98 Å². The highest BCUT2D eigenvalue weighted by atomic mass is 16.3. The lowest BCUT2D eigenvalue weighted by molar-refractivity contribution is 1.05. The number of H-pyrrole nitrogens is 2. The third-order valence-corrected chi connectivity index (χ3v) is 0.781. The first-order valence-electron chi connectivity index (χ1n) is 2.27. The molecule has 0 spiro atoms. The molecule has 0 atom stereocenters. The molecule has 0 aliphatic rings. The highest BCUT2D eigenvalue weighted by molar-refractivity contribution is 5.22. The molecule has 5 heteroatoms. The van der Waals surface area contributed by atoms with Gasteiger partial charge in [0.15, 0.2) is 0 Å². The summed E-state index contributed by atoms with van der Waals surface area (Å²) in [7, 11) is 0. The molecule has 1 aromatic heterocycles. The van der Waals surface area contributed by atoms with Gasteiger partial charge in [0.25, 0.3) is 5.56 Å². The number of nitrogens with two attached hydrogens (primary N) is 1. The normalized spacial score (nSPS) is 9.33. The summed E-state index contributed by atoms with van der Waals surface area (Å²) < 4.78 is 0. The summed E-state index contributed by atoms with van der Waals surface area (Å²) in [6.45, 7) is 0. The van der Waals surface area contributed by atoms with Gasteiger partial charge in [0.05, 0.1) is 0 Å². The molecule has 1 rings (SSSR count). The number of nitrogens with one attached hydrogen (secondary N) is 2. The molecule has 0 saturated carbocycles. The van der Waals surface area contributed by atoms with E-state index in [0.29, 0.717) is 0 Å². The minimum absolute atomic E-state index is 0.0729. The van der Waals surface area contributed by atoms with Crippen molar-refractivity contribution in [2.24, 2.45) is 0 Å². The van der Waals surface area contributed by atoms with Crippen LogP contribution in [0.15, 0.2) is 15.7 Å². The van der Waals surface area contributed by atoms with Gasteiger partial charge in [-0.25, -0.2) is 4.79 Å². The number of nitrogen functional groups attached to an aromatic ring is 1. The van der Waals surface area contributed by atoms with E-state index in [2.05, 4.69) is 4.98 Å². The maximum absolute atomic E-state index is 10.4. The molecular weight excluding hydrogens is 125 g/mol. The van der Waals surface area contributed by atoms with Crippen LogP contribution in [0.5, 0.6) is 0 Å². The molecule has 0 aromatic carbocycles. The lowest BCUT2D eigenvalue weighted by Crippen LogP contribution is -2.22. The zero-order valence-corrected chi connectivity index (χ0v) is 4.47. The first-order valence-corrected chi connectivity index (χ1v) is 2.27. The first kappa shape index (κ1) is 5.61. The lowest BCUT2D eigenvalue weighted by atomic mass is 10.6. The third-order valence-electron chi connectivity index (χ3n) is 0.781. The van der Waals surface area contributed by atoms with Gasteiger partial charge in [-0.15, -0.1) is 0 Å². The van der Waals surface area contributed by atoms with Gasteiger partial charge in [-0.1, -0.05) is 0 Å². The van der Waals surface area contributed by atoms with E-state index in [1.165, 1.54) is 0 Å². The Morgan fingerprint density at radius 1 is 1.33 bits per heavy atom. The van der Waals surface area contributed by atoms with Gasteiger partial charge < -0.3 is 5.73 Å². The molecule has 0 aliphatic heterocycles. The monoisotopic (exact) mass is 130 g/mol. The van der Waals surface area contributed by atoms with E-state index in [-0.39, 0.29) is 5.82 Å². The molecule has 5 nitrogen and oxygen atoms in total. The van der Waals surface area contributed by atoms with Crippen molar-refractivity contribution in [3.63, 3.8) is 0 Å². The van der Waals surface area contributed by atoms with Crippen molar-refractivity contribution in [3.05, 3.63) is 26.9 Å². The zero-order valence-electron chi connectivity index (χ0n) is 4.47. The van der Waals surface area contributed by atoms with Gasteiger partial charge >= 0.3 is 5.69 Å². The maximum Gasteiger partial charge on any atom is 0.327 e. The highest BCUT2D eigenvalue weighted by Crippen LogP contribution is 1.77. The fraction of sp³-hybridized carbons (Fsp3) is 0. The van der Waals surface area contributed by atoms with E-state index >= 15 is 0 Å². The summed E-state index contributed by atoms with van der Waals surface area (Å²) in [5.74, 6) is 0.0729. The second kappa shape index (κ2) is 1.77. The smallest absolute Gasteiger partial charge is 0.327 e. The van der Waals surface area contributed by atoms with Crippen molar-refractivity contribution in [2.45, 2.75) is 0 Å². The standard InChI is InChI=1S/C4H5N3O2/c5-2-1-3(8)7-4(9)6-2/h1H,(H4,5,6,7,8,9)/i4+1,6+1,7+1. The van der Waals surface area contributed by atoms with Gasteiger partial charge in [0, 0.05) is 6.07 Å². The Balaban J connectivity index is 3.52. The average molecular weight is 130 g/mol. The van der Waals surface area contributed by atoms with Crippen molar-refractivity contribution in [1.82, 2.24) is 9.97 Å². The highest BCUT2D eigenvalue weighted by Gasteiger charge is 1.86. The van der Waals surface area contributed by atoms with E-state index in [1.54, 1.807) is 0 Å². The Labute approximate surface area is 49.5 Å². The minimum atomic E-state index is -0.583. The number of aromatic nitrogens is 2. The second-order valence-corrected chi connectivity index (χ2v) is 1.54. The van der Waals surface area contributed by atoms with Crippen molar-refractivity contribution in [2.75, 3.05) is 5.73 Å². The summed E-state index contributed by atoms with van der Waals surface area (Å²) in [5.41, 5.74) is 4.01. The van der Waals surface area contributed by atoms with Gasteiger partial charge in [0.1, 0.15) is 5.82 Å². The fourth-order valence-electron chi connectivity index (χ4n) is 0.488. The third kappa shape index (κ3) is 1.18. The van der Waals surface area contributed by atoms with Crippen LogP contribution in [-0.4, -0.2) is 9.97 Å². The van der Waals surface area contributed by atoms with Crippen LogP contribution in [-0.2, 0) is 0 Å². The Morgan fingerprint density at radius 2 is 2.00 bits per heavy atom. The van der Waals surface area contributed by atoms with Crippen molar-refractivity contribution in [3.8, 4) is 0 Å². The molecule has 0 bridgehead atoms. The maximum atomic E-state index is 10.4. The van der Waals surface area contributed by atoms with Crippen LogP contribution in [0.25, 0.3) is 0 Å². The molecular formula is C4H5N3O2. The molecule has 0 unspecified atom stereocenters. The summed E-state index contributed by atoms with van der Waals surface area (Å²) >= 11 is 0. The molecule has 4 N–H and O–H groups in total. The molecule has 1 aromatic rings. The van der Waals surface area contributed by atoms with Gasteiger partial charge in [0.2, 0.25) is 0 Å². The Bertz CT molecular complexity index is 282. The van der Waals surface area contributed by atoms with Crippen LogP contribution in [0.4, 0.5) is 5.82 Å². The fourth-order valence-corrected chi connectivity index (χ4v) is 0.488. The number of hydrogen-bond acceptors (Lipinski definition) is 3. The van der Waals surface area contributed by atoms with E-state index in [9.17, 15) is 9.59 Å². The Morgan fingerprint density at radius 3 is 2.44 bits per heavy atom. The SMILES string of the molecule is Nc1cc(=O)[15nH][13c](=O)[15nH]1. The largest absolute Gasteiger partial charge is 0.385 e. The van der Waals surface area contributed by atoms with Gasteiger partial charge in [-0.3, -0.25) is 14.8 Å². The average Bonchev–Trinajstić information content (AvgIpc) is 1.59. The topological polar surface area (TPSA) is 91.7 Å². The number of rotatable bonds is 0. The summed E-state index contributed by atoms with van der Waals surface area (Å²) in [4.78, 5) is 24.8. The quantitative estimate of drug-likeness (QED) is 0.405. The van der Waals surface area contributed by atoms with E-state index in [4.69, 9.17) is 5.73 Å². The number of aromatic amines is 2. The minimum Gasteiger partial charge on any atom is -0.385 e. The molecule has 0 radical (unpaired) electrons. The molecule has 9 heavy (non-hydrogen) atoms. The summed E-state index contributed by atoms with van der Waals surface area (Å²) in [6.07, 6.45) is 0. The predicted molar refractivity (Wildman–Crippen MR) is 32.1 cm³/mol. The van der Waals surface area contributed by atoms with Crippen LogP contribution in [0.3, 0.4) is 0 Å². The Hall–Kier alpha value is -1.52. The predicted octanol–water partition coefficient (Wildman–Crippen LogP) is -1.35.